The lowest BCUT2D eigenvalue weighted by atomic mass is 9.99. The summed E-state index contributed by atoms with van der Waals surface area (Å²) in [6.07, 6.45) is 3.06. The highest BCUT2D eigenvalue weighted by Crippen LogP contribution is 2.52. The highest BCUT2D eigenvalue weighted by atomic mass is 32.3. The van der Waals surface area contributed by atoms with E-state index in [0.29, 0.717) is 42.9 Å². The van der Waals surface area contributed by atoms with Gasteiger partial charge in [0.05, 0.1) is 29.1 Å². The third kappa shape index (κ3) is 5.87. The van der Waals surface area contributed by atoms with E-state index in [9.17, 15) is 19.0 Å². The van der Waals surface area contributed by atoms with Gasteiger partial charge in [-0.2, -0.15) is 0 Å². The van der Waals surface area contributed by atoms with Gasteiger partial charge in [-0.25, -0.2) is 0 Å². The van der Waals surface area contributed by atoms with Crippen LogP contribution in [0.25, 0.3) is 10.9 Å². The molecule has 4 rings (SSSR count). The van der Waals surface area contributed by atoms with Crippen LogP contribution in [0, 0.1) is 0 Å². The summed E-state index contributed by atoms with van der Waals surface area (Å²) < 4.78 is 22.9. The second-order valence-electron chi connectivity index (χ2n) is 9.78. The molecule has 196 valence electrons. The molecule has 1 aromatic heterocycles. The number of aryl methyl sites for hydroxylation is 1. The quantitative estimate of drug-likeness (QED) is 0.240. The van der Waals surface area contributed by atoms with Gasteiger partial charge in [-0.05, 0) is 42.5 Å². The topological polar surface area (TPSA) is 121 Å². The molecular formula is C27H38N4O4S. The number of aliphatic hydroxyl groups excluding tert-OH is 1. The molecule has 1 fully saturated rings. The number of H-pyrrole nitrogens is 1. The van der Waals surface area contributed by atoms with Crippen molar-refractivity contribution < 1.29 is 19.0 Å². The maximum atomic E-state index is 13.6. The van der Waals surface area contributed by atoms with Crippen molar-refractivity contribution in [2.24, 2.45) is 0 Å². The number of carbonyl (C=O) groups is 1. The molecule has 9 heteroatoms. The molecule has 2 heterocycles. The number of fused-ring (bicyclic) bond motifs is 1. The van der Waals surface area contributed by atoms with Crippen molar-refractivity contribution in [3.05, 3.63) is 65.4 Å². The number of nitrogens with one attached hydrogen (secondary N) is 3. The monoisotopic (exact) mass is 514 g/mol. The predicted molar refractivity (Wildman–Crippen MR) is 148 cm³/mol. The highest BCUT2D eigenvalue weighted by Gasteiger charge is 2.32. The summed E-state index contributed by atoms with van der Waals surface area (Å²) in [4.78, 5) is 16.9. The van der Waals surface area contributed by atoms with E-state index >= 15 is 0 Å². The molecule has 1 aliphatic rings. The van der Waals surface area contributed by atoms with E-state index < -0.39 is 22.9 Å². The number of benzene rings is 2. The Labute approximate surface area is 214 Å². The fraction of sp³-hybridized carbons (Fsp3) is 0.444. The largest absolute Gasteiger partial charge is 0.390 e. The van der Waals surface area contributed by atoms with E-state index in [1.807, 2.05) is 63.4 Å². The summed E-state index contributed by atoms with van der Waals surface area (Å²) in [6.45, 7) is 6.94. The van der Waals surface area contributed by atoms with Gasteiger partial charge >= 0.3 is 0 Å². The molecule has 3 aromatic rings. The van der Waals surface area contributed by atoms with Gasteiger partial charge in [0.2, 0.25) is 0 Å². The van der Waals surface area contributed by atoms with E-state index in [0.717, 1.165) is 28.5 Å². The van der Waals surface area contributed by atoms with Gasteiger partial charge in [-0.15, -0.1) is 10.8 Å². The van der Waals surface area contributed by atoms with Crippen LogP contribution in [0.2, 0.25) is 0 Å². The van der Waals surface area contributed by atoms with E-state index in [2.05, 4.69) is 15.6 Å². The van der Waals surface area contributed by atoms with Gasteiger partial charge in [0.15, 0.2) is 0 Å². The number of hydrogen-bond donors (Lipinski definition) is 6. The smallest absolute Gasteiger partial charge is 0.251 e. The Kier molecular flexibility index (Phi) is 8.27. The summed E-state index contributed by atoms with van der Waals surface area (Å²) in [5.41, 5.74) is 3.92. The number of anilines is 1. The number of hydrogen-bond acceptors (Lipinski definition) is 6. The summed E-state index contributed by atoms with van der Waals surface area (Å²) in [7, 11) is -2.93. The summed E-state index contributed by atoms with van der Waals surface area (Å²) in [5.74, 6) is 0.0158. The van der Waals surface area contributed by atoms with Crippen molar-refractivity contribution in [3.63, 3.8) is 0 Å². The molecule has 0 bridgehead atoms. The minimum Gasteiger partial charge on any atom is -0.390 e. The zero-order chi connectivity index (χ0) is 25.9. The van der Waals surface area contributed by atoms with Crippen molar-refractivity contribution in [1.29, 1.82) is 0 Å². The second-order valence-corrected chi connectivity index (χ2v) is 11.9. The van der Waals surface area contributed by atoms with Crippen molar-refractivity contribution in [2.45, 2.75) is 58.2 Å². The Bertz CT molecular complexity index is 1180. The lowest BCUT2D eigenvalue weighted by Gasteiger charge is -2.38. The minimum atomic E-state index is -2.93. The van der Waals surface area contributed by atoms with Gasteiger partial charge in [-0.3, -0.25) is 18.2 Å². The van der Waals surface area contributed by atoms with Gasteiger partial charge in [0, 0.05) is 36.3 Å². The van der Waals surface area contributed by atoms with Crippen LogP contribution >= 0.6 is 10.8 Å². The standard InChI is InChI=1S/C27H38N4O4S/c1-4-20-16-29-26-22(20)14-21(15-24(26)31-11-8-12-36(31,34)35)27(33)30-23(25(32)17-28-18(2)3)13-19-9-6-5-7-10-19/h5-7,9-10,14-16,18,23,25,28-29,32,34-35H,4,8,11-13,17H2,1-3H3,(H,30,33)/t23-,25-/m0/s1. The zero-order valence-corrected chi connectivity index (χ0v) is 22.0. The Balaban J connectivity index is 1.67. The molecule has 0 saturated carbocycles. The lowest BCUT2D eigenvalue weighted by Crippen LogP contribution is -2.49. The molecule has 0 spiro atoms. The number of nitrogens with zero attached hydrogens (tertiary/aromatic N) is 1. The van der Waals surface area contributed by atoms with Gasteiger partial charge in [0.25, 0.3) is 5.91 Å². The second kappa shape index (κ2) is 11.2. The third-order valence-electron chi connectivity index (χ3n) is 6.71. The van der Waals surface area contributed by atoms with E-state index in [1.54, 1.807) is 10.4 Å². The molecule has 0 unspecified atom stereocenters. The number of aromatic amines is 1. The first kappa shape index (κ1) is 26.5. The number of aromatic nitrogens is 1. The first-order valence-electron chi connectivity index (χ1n) is 12.6. The molecule has 2 aromatic carbocycles. The Morgan fingerprint density at radius 3 is 2.58 bits per heavy atom. The van der Waals surface area contributed by atoms with Crippen LogP contribution < -0.4 is 14.9 Å². The van der Waals surface area contributed by atoms with Gasteiger partial charge in [0.1, 0.15) is 0 Å². The fourth-order valence-corrected chi connectivity index (χ4v) is 6.34. The summed E-state index contributed by atoms with van der Waals surface area (Å²) in [6, 6.07) is 13.1. The zero-order valence-electron chi connectivity index (χ0n) is 21.2. The van der Waals surface area contributed by atoms with Crippen molar-refractivity contribution in [2.75, 3.05) is 23.1 Å². The van der Waals surface area contributed by atoms with E-state index in [1.165, 1.54) is 0 Å². The molecule has 2 atom stereocenters. The number of aliphatic hydroxyl groups is 1. The van der Waals surface area contributed by atoms with Gasteiger partial charge < -0.3 is 20.7 Å². The van der Waals surface area contributed by atoms with Crippen LogP contribution in [-0.4, -0.2) is 62.1 Å². The molecule has 1 saturated heterocycles. The molecular weight excluding hydrogens is 476 g/mol. The number of rotatable bonds is 10. The first-order valence-corrected chi connectivity index (χ1v) is 14.3. The first-order chi connectivity index (χ1) is 17.2. The number of carbonyl (C=O) groups excluding carboxylic acids is 1. The van der Waals surface area contributed by atoms with Crippen LogP contribution in [0.4, 0.5) is 5.69 Å². The van der Waals surface area contributed by atoms with Crippen LogP contribution in [0.5, 0.6) is 0 Å². The van der Waals surface area contributed by atoms with E-state index in [4.69, 9.17) is 0 Å². The van der Waals surface area contributed by atoms with Crippen LogP contribution in [0.3, 0.4) is 0 Å². The highest BCUT2D eigenvalue weighted by molar-refractivity contribution is 8.25. The molecule has 8 nitrogen and oxygen atoms in total. The number of amides is 1. The van der Waals surface area contributed by atoms with Crippen molar-refractivity contribution in [1.82, 2.24) is 15.6 Å². The average molecular weight is 515 g/mol. The maximum Gasteiger partial charge on any atom is 0.251 e. The lowest BCUT2D eigenvalue weighted by molar-refractivity contribution is 0.0827. The van der Waals surface area contributed by atoms with Gasteiger partial charge in [-0.1, -0.05) is 51.1 Å². The van der Waals surface area contributed by atoms with Crippen molar-refractivity contribution >= 4 is 33.3 Å². The third-order valence-corrected chi connectivity index (χ3v) is 8.63. The Hall–Kier alpha value is -2.56. The normalized spacial score (nSPS) is 17.9. The predicted octanol–water partition coefficient (Wildman–Crippen LogP) is 4.31. The molecule has 0 radical (unpaired) electrons. The molecule has 0 aliphatic carbocycles. The molecule has 1 amide bonds. The molecule has 6 N–H and O–H groups in total. The fourth-order valence-electron chi connectivity index (χ4n) is 4.73. The Morgan fingerprint density at radius 1 is 1.19 bits per heavy atom. The van der Waals surface area contributed by atoms with Crippen molar-refractivity contribution in [3.8, 4) is 0 Å². The SMILES string of the molecule is CCc1c[nH]c2c(N3CCCS3(O)O)cc(C(=O)N[C@@H](Cc3ccccc3)[C@@H](O)CNC(C)C)cc12. The van der Waals surface area contributed by atoms with Crippen LogP contribution in [0.1, 0.15) is 48.7 Å². The summed E-state index contributed by atoms with van der Waals surface area (Å²) in [5, 5.41) is 18.2. The molecule has 36 heavy (non-hydrogen) atoms. The molecule has 1 aliphatic heterocycles. The Morgan fingerprint density at radius 2 is 1.94 bits per heavy atom. The van der Waals surface area contributed by atoms with Crippen LogP contribution in [0.15, 0.2) is 48.7 Å². The minimum absolute atomic E-state index is 0.207. The van der Waals surface area contributed by atoms with Crippen LogP contribution in [-0.2, 0) is 12.8 Å². The maximum absolute atomic E-state index is 13.6. The van der Waals surface area contributed by atoms with E-state index in [-0.39, 0.29) is 11.9 Å². The average Bonchev–Trinajstić information content (AvgIpc) is 3.44. The summed E-state index contributed by atoms with van der Waals surface area (Å²) >= 11 is 0.